The van der Waals surface area contributed by atoms with Crippen LogP contribution in [-0.2, 0) is 9.53 Å². The molecule has 0 aromatic carbocycles. The van der Waals surface area contributed by atoms with E-state index in [2.05, 4.69) is 48.1 Å². The second kappa shape index (κ2) is 3.10. The molecule has 1 fully saturated rings. The molecule has 0 amide bonds. The fourth-order valence-corrected chi connectivity index (χ4v) is 2.60. The molecule has 0 N–H and O–H groups in total. The van der Waals surface area contributed by atoms with E-state index in [0.717, 1.165) is 0 Å². The van der Waals surface area contributed by atoms with E-state index in [1.165, 1.54) is 0 Å². The molecule has 15 heavy (non-hydrogen) atoms. The van der Waals surface area contributed by atoms with Crippen molar-refractivity contribution in [2.24, 2.45) is 10.8 Å². The van der Waals surface area contributed by atoms with Crippen LogP contribution in [0.4, 0.5) is 0 Å². The Bertz CT molecular complexity index is 267. The maximum absolute atomic E-state index is 11.6. The van der Waals surface area contributed by atoms with E-state index in [9.17, 15) is 4.79 Å². The standard InChI is InChI=1S/C13H22O2/c1-9-8-13(11(2,3)4,12(5,6)7)15-10(9)14/h1,8H2,2-7H3. The second-order valence-corrected chi connectivity index (χ2v) is 6.50. The Hall–Kier alpha value is -0.790. The second-order valence-electron chi connectivity index (χ2n) is 6.50. The van der Waals surface area contributed by atoms with E-state index >= 15 is 0 Å². The largest absolute Gasteiger partial charge is 0.454 e. The Morgan fingerprint density at radius 1 is 1.13 bits per heavy atom. The Balaban J connectivity index is 3.24. The first-order valence-electron chi connectivity index (χ1n) is 5.42. The Morgan fingerprint density at radius 2 is 1.53 bits per heavy atom. The molecular formula is C13H22O2. The first-order valence-corrected chi connectivity index (χ1v) is 5.42. The molecular weight excluding hydrogens is 188 g/mol. The topological polar surface area (TPSA) is 26.3 Å². The van der Waals surface area contributed by atoms with Crippen LogP contribution in [0.15, 0.2) is 12.2 Å². The molecule has 0 atom stereocenters. The van der Waals surface area contributed by atoms with Crippen molar-refractivity contribution in [3.8, 4) is 0 Å². The average Bonchev–Trinajstić information content (AvgIpc) is 2.26. The zero-order valence-corrected chi connectivity index (χ0v) is 10.7. The number of rotatable bonds is 0. The number of hydrogen-bond acceptors (Lipinski definition) is 2. The summed E-state index contributed by atoms with van der Waals surface area (Å²) in [7, 11) is 0. The van der Waals surface area contributed by atoms with Crippen molar-refractivity contribution in [2.45, 2.75) is 53.6 Å². The summed E-state index contributed by atoms with van der Waals surface area (Å²) in [4.78, 5) is 11.6. The van der Waals surface area contributed by atoms with Crippen LogP contribution in [0.25, 0.3) is 0 Å². The van der Waals surface area contributed by atoms with Gasteiger partial charge >= 0.3 is 5.97 Å². The average molecular weight is 210 g/mol. The molecule has 1 rings (SSSR count). The van der Waals surface area contributed by atoms with Crippen molar-refractivity contribution in [3.63, 3.8) is 0 Å². The highest BCUT2D eigenvalue weighted by molar-refractivity contribution is 5.90. The summed E-state index contributed by atoms with van der Waals surface area (Å²) in [6, 6.07) is 0. The summed E-state index contributed by atoms with van der Waals surface area (Å²) in [5.74, 6) is -0.236. The van der Waals surface area contributed by atoms with Gasteiger partial charge in [0.05, 0.1) is 0 Å². The molecule has 1 aliphatic heterocycles. The molecule has 0 unspecified atom stereocenters. The molecule has 0 bridgehead atoms. The predicted octanol–water partition coefficient (Wildman–Crippen LogP) is 3.32. The van der Waals surface area contributed by atoms with Gasteiger partial charge in [-0.15, -0.1) is 0 Å². The van der Waals surface area contributed by atoms with Crippen molar-refractivity contribution in [3.05, 3.63) is 12.2 Å². The SMILES string of the molecule is C=C1CC(C(C)(C)C)(C(C)(C)C)OC1=O. The maximum atomic E-state index is 11.6. The van der Waals surface area contributed by atoms with Gasteiger partial charge in [-0.3, -0.25) is 0 Å². The molecule has 1 heterocycles. The van der Waals surface area contributed by atoms with Gasteiger partial charge in [0.1, 0.15) is 5.60 Å². The van der Waals surface area contributed by atoms with E-state index in [1.54, 1.807) is 0 Å². The molecule has 2 nitrogen and oxygen atoms in total. The van der Waals surface area contributed by atoms with E-state index in [-0.39, 0.29) is 16.8 Å². The molecule has 86 valence electrons. The summed E-state index contributed by atoms with van der Waals surface area (Å²) < 4.78 is 5.65. The van der Waals surface area contributed by atoms with Crippen LogP contribution >= 0.6 is 0 Å². The zero-order valence-electron chi connectivity index (χ0n) is 10.7. The predicted molar refractivity (Wildman–Crippen MR) is 61.5 cm³/mol. The van der Waals surface area contributed by atoms with Gasteiger partial charge in [-0.05, 0) is 0 Å². The van der Waals surface area contributed by atoms with Crippen molar-refractivity contribution in [1.29, 1.82) is 0 Å². The van der Waals surface area contributed by atoms with Gasteiger partial charge in [0.15, 0.2) is 0 Å². The summed E-state index contributed by atoms with van der Waals surface area (Å²) in [6.07, 6.45) is 0.638. The molecule has 0 aromatic rings. The molecule has 0 radical (unpaired) electrons. The van der Waals surface area contributed by atoms with Gasteiger partial charge in [-0.25, -0.2) is 4.79 Å². The highest BCUT2D eigenvalue weighted by Gasteiger charge is 2.58. The quantitative estimate of drug-likeness (QED) is 0.453. The van der Waals surface area contributed by atoms with Crippen LogP contribution in [0.2, 0.25) is 0 Å². The minimum atomic E-state index is -0.436. The minimum Gasteiger partial charge on any atom is -0.454 e. The van der Waals surface area contributed by atoms with Crippen LogP contribution < -0.4 is 0 Å². The van der Waals surface area contributed by atoms with Gasteiger partial charge in [0.25, 0.3) is 0 Å². The van der Waals surface area contributed by atoms with Gasteiger partial charge in [0.2, 0.25) is 0 Å². The van der Waals surface area contributed by atoms with E-state index in [0.29, 0.717) is 12.0 Å². The fourth-order valence-electron chi connectivity index (χ4n) is 2.60. The van der Waals surface area contributed by atoms with Gasteiger partial charge in [-0.2, -0.15) is 0 Å². The normalized spacial score (nSPS) is 21.7. The third-order valence-electron chi connectivity index (χ3n) is 3.44. The van der Waals surface area contributed by atoms with Crippen molar-refractivity contribution in [2.75, 3.05) is 0 Å². The van der Waals surface area contributed by atoms with Crippen molar-refractivity contribution < 1.29 is 9.53 Å². The van der Waals surface area contributed by atoms with E-state index < -0.39 is 5.60 Å². The Morgan fingerprint density at radius 3 is 1.67 bits per heavy atom. The first kappa shape index (κ1) is 12.3. The van der Waals surface area contributed by atoms with Gasteiger partial charge in [-0.1, -0.05) is 48.1 Å². The third kappa shape index (κ3) is 1.70. The first-order chi connectivity index (χ1) is 6.51. The maximum Gasteiger partial charge on any atom is 0.334 e. The highest BCUT2D eigenvalue weighted by Crippen LogP contribution is 2.53. The summed E-state index contributed by atoms with van der Waals surface area (Å²) in [5.41, 5.74) is -0.00523. The highest BCUT2D eigenvalue weighted by atomic mass is 16.6. The zero-order chi connectivity index (χ0) is 12.1. The van der Waals surface area contributed by atoms with E-state index in [1.807, 2.05) is 0 Å². The number of hydrogen-bond donors (Lipinski definition) is 0. The Labute approximate surface area is 92.7 Å². The molecule has 0 saturated carbocycles. The van der Waals surface area contributed by atoms with Gasteiger partial charge in [0, 0.05) is 22.8 Å². The summed E-state index contributed by atoms with van der Waals surface area (Å²) in [6.45, 7) is 16.5. The van der Waals surface area contributed by atoms with E-state index in [4.69, 9.17) is 4.74 Å². The van der Waals surface area contributed by atoms with Crippen molar-refractivity contribution in [1.82, 2.24) is 0 Å². The number of ether oxygens (including phenoxy) is 1. The molecule has 1 saturated heterocycles. The lowest BCUT2D eigenvalue weighted by Gasteiger charge is -2.49. The van der Waals surface area contributed by atoms with Crippen LogP contribution in [0.5, 0.6) is 0 Å². The number of cyclic esters (lactones) is 1. The van der Waals surface area contributed by atoms with Crippen molar-refractivity contribution >= 4 is 5.97 Å². The van der Waals surface area contributed by atoms with Crippen LogP contribution in [0.1, 0.15) is 48.0 Å². The summed E-state index contributed by atoms with van der Waals surface area (Å²) in [5, 5.41) is 0. The summed E-state index contributed by atoms with van der Waals surface area (Å²) >= 11 is 0. The molecule has 0 spiro atoms. The van der Waals surface area contributed by atoms with Crippen LogP contribution in [0, 0.1) is 10.8 Å². The molecule has 0 aromatic heterocycles. The lowest BCUT2D eigenvalue weighted by molar-refractivity contribution is -0.177. The minimum absolute atomic E-state index is 0.0830. The van der Waals surface area contributed by atoms with Gasteiger partial charge < -0.3 is 4.74 Å². The smallest absolute Gasteiger partial charge is 0.334 e. The van der Waals surface area contributed by atoms with Crippen LogP contribution in [-0.4, -0.2) is 11.6 Å². The van der Waals surface area contributed by atoms with Crippen LogP contribution in [0.3, 0.4) is 0 Å². The molecule has 2 heteroatoms. The molecule has 0 aliphatic carbocycles. The monoisotopic (exact) mass is 210 g/mol. The molecule has 1 aliphatic rings. The lowest BCUT2D eigenvalue weighted by Crippen LogP contribution is -2.52. The number of esters is 1. The number of carbonyl (C=O) groups excluding carboxylic acids is 1. The third-order valence-corrected chi connectivity index (χ3v) is 3.44. The fraction of sp³-hybridized carbons (Fsp3) is 0.769. The lowest BCUT2D eigenvalue weighted by atomic mass is 9.61. The number of carbonyl (C=O) groups is 1. The Kier molecular flexibility index (Phi) is 2.54.